The molecule has 4 aromatic rings. The molecular weight excluding hydrogens is 940 g/mol. The Balaban J connectivity index is 0.942. The highest BCUT2D eigenvalue weighted by molar-refractivity contribution is 8.00. The van der Waals surface area contributed by atoms with E-state index < -0.39 is 18.0 Å². The summed E-state index contributed by atoms with van der Waals surface area (Å²) >= 11 is 26.9. The number of carbonyl (C=O) groups is 5. The van der Waals surface area contributed by atoms with Crippen LogP contribution < -0.4 is 21.3 Å². The highest BCUT2D eigenvalue weighted by Crippen LogP contribution is 2.44. The number of likely N-dealkylation sites (tertiary alicyclic amines) is 1. The number of fused-ring (bicyclic) bond motifs is 4. The van der Waals surface area contributed by atoms with Crippen LogP contribution >= 0.6 is 58.2 Å². The number of ketones is 1. The summed E-state index contributed by atoms with van der Waals surface area (Å²) in [4.78, 5) is 68.6. The summed E-state index contributed by atoms with van der Waals surface area (Å²) in [5.74, 6) is 0.000483. The largest absolute Gasteiger partial charge is 0.449 e. The Bertz CT molecular complexity index is 2470. The van der Waals surface area contributed by atoms with Crippen molar-refractivity contribution in [1.82, 2.24) is 26.2 Å². The number of amides is 5. The Kier molecular flexibility index (Phi) is 15.7. The molecule has 4 aliphatic rings. The predicted octanol–water partition coefficient (Wildman–Crippen LogP) is 10.1. The number of ether oxygens (including phenoxy) is 1. The van der Waals surface area contributed by atoms with Crippen LogP contribution in [0.25, 0.3) is 23.3 Å². The number of hydrogen-bond acceptors (Lipinski definition) is 7. The third-order valence-corrected chi connectivity index (χ3v) is 15.4. The third-order valence-electron chi connectivity index (χ3n) is 12.4. The van der Waals surface area contributed by atoms with Crippen LogP contribution in [0.4, 0.5) is 9.59 Å². The molecule has 0 aromatic heterocycles. The highest BCUT2D eigenvalue weighted by Gasteiger charge is 2.42. The molecule has 3 unspecified atom stereocenters. The van der Waals surface area contributed by atoms with E-state index in [4.69, 9.17) is 51.1 Å². The maximum atomic E-state index is 14.7. The molecule has 3 heterocycles. The van der Waals surface area contributed by atoms with Gasteiger partial charge in [0.2, 0.25) is 11.8 Å². The number of halogens is 4. The predicted molar refractivity (Wildman–Crippen MR) is 263 cm³/mol. The molecule has 0 saturated carbocycles. The lowest BCUT2D eigenvalue weighted by Gasteiger charge is -2.33. The van der Waals surface area contributed by atoms with Gasteiger partial charge < -0.3 is 30.9 Å². The number of hydrogen-bond donors (Lipinski definition) is 4. The Morgan fingerprint density at radius 3 is 2.02 bits per heavy atom. The number of nitrogens with one attached hydrogen (secondary N) is 4. The molecule has 4 atom stereocenters. The summed E-state index contributed by atoms with van der Waals surface area (Å²) in [5, 5.41) is 13.5. The minimum absolute atomic E-state index is 0.0399. The van der Waals surface area contributed by atoms with Gasteiger partial charge in [0.25, 0.3) is 0 Å². The molecule has 0 bridgehead atoms. The summed E-state index contributed by atoms with van der Waals surface area (Å²) in [5.41, 5.74) is 6.20. The molecular formula is C50H49Cl4N5O6S. The van der Waals surface area contributed by atoms with E-state index >= 15 is 0 Å². The van der Waals surface area contributed by atoms with E-state index in [2.05, 4.69) is 33.4 Å². The first kappa shape index (κ1) is 47.5. The highest BCUT2D eigenvalue weighted by atomic mass is 35.5. The summed E-state index contributed by atoms with van der Waals surface area (Å²) in [7, 11) is 0. The van der Waals surface area contributed by atoms with Crippen LogP contribution in [-0.4, -0.2) is 90.0 Å². The lowest BCUT2D eigenvalue weighted by molar-refractivity contribution is -0.133. The van der Waals surface area contributed by atoms with E-state index in [0.29, 0.717) is 73.4 Å². The first-order chi connectivity index (χ1) is 31.9. The smallest absolute Gasteiger partial charge is 0.407 e. The average molecular weight is 990 g/mol. The van der Waals surface area contributed by atoms with Crippen molar-refractivity contribution in [1.29, 1.82) is 0 Å². The van der Waals surface area contributed by atoms with Crippen LogP contribution in [0.3, 0.4) is 0 Å². The van der Waals surface area contributed by atoms with Crippen molar-refractivity contribution in [2.45, 2.75) is 74.2 Å². The quantitative estimate of drug-likeness (QED) is 0.0497. The maximum Gasteiger partial charge on any atom is 0.407 e. The van der Waals surface area contributed by atoms with Crippen LogP contribution in [0.2, 0.25) is 20.1 Å². The fourth-order valence-electron chi connectivity index (χ4n) is 9.13. The number of unbranched alkanes of at least 4 members (excludes halogenated alkanes) is 2. The topological polar surface area (TPSA) is 146 Å². The number of rotatable bonds is 16. The van der Waals surface area contributed by atoms with Gasteiger partial charge in [-0.05, 0) is 102 Å². The molecule has 3 fully saturated rings. The normalized spacial score (nSPS) is 20.4. The number of nitrogens with zero attached hydrogens (tertiary/aromatic N) is 1. The van der Waals surface area contributed by atoms with Crippen LogP contribution in [0.5, 0.6) is 0 Å². The number of alkyl carbamates (subject to hydrolysis) is 1. The van der Waals surface area contributed by atoms with Crippen molar-refractivity contribution in [3.63, 3.8) is 0 Å². The van der Waals surface area contributed by atoms with Crippen LogP contribution in [0.1, 0.15) is 73.1 Å². The van der Waals surface area contributed by atoms with Gasteiger partial charge in [0.1, 0.15) is 12.6 Å². The second kappa shape index (κ2) is 21.8. The Morgan fingerprint density at radius 2 is 1.39 bits per heavy atom. The number of thioether (sulfide) groups is 1. The van der Waals surface area contributed by atoms with Crippen LogP contribution in [0.15, 0.2) is 96.1 Å². The molecule has 5 amide bonds. The third kappa shape index (κ3) is 11.4. The minimum Gasteiger partial charge on any atom is -0.449 e. The molecule has 16 heteroatoms. The second-order valence-electron chi connectivity index (χ2n) is 16.9. The van der Waals surface area contributed by atoms with E-state index in [0.717, 1.165) is 47.3 Å². The Labute approximate surface area is 408 Å². The monoisotopic (exact) mass is 987 g/mol. The van der Waals surface area contributed by atoms with Crippen LogP contribution in [0, 0.1) is 0 Å². The number of piperidine rings is 1. The molecule has 11 nitrogen and oxygen atoms in total. The lowest BCUT2D eigenvalue weighted by Crippen LogP contribution is -2.52. The zero-order valence-corrected chi connectivity index (χ0v) is 39.8. The zero-order valence-electron chi connectivity index (χ0n) is 35.9. The van der Waals surface area contributed by atoms with Gasteiger partial charge in [-0.1, -0.05) is 113 Å². The number of benzene rings is 4. The van der Waals surface area contributed by atoms with Gasteiger partial charge >= 0.3 is 12.1 Å². The number of Topliss-reactive ketones (excluding diaryl/α,β-unsaturated/α-hetero) is 1. The first-order valence-electron chi connectivity index (χ1n) is 22.1. The molecule has 66 heavy (non-hydrogen) atoms. The van der Waals surface area contributed by atoms with Crippen molar-refractivity contribution in [3.05, 3.63) is 138 Å². The van der Waals surface area contributed by atoms with Gasteiger partial charge in [-0.2, -0.15) is 11.8 Å². The van der Waals surface area contributed by atoms with Crippen molar-refractivity contribution in [2.75, 3.05) is 32.0 Å². The molecule has 3 saturated heterocycles. The van der Waals surface area contributed by atoms with Crippen LogP contribution in [-0.2, 0) is 19.1 Å². The molecule has 0 spiro atoms. The van der Waals surface area contributed by atoms with Crippen molar-refractivity contribution < 1.29 is 28.7 Å². The summed E-state index contributed by atoms with van der Waals surface area (Å²) in [6, 6.07) is 25.3. The van der Waals surface area contributed by atoms with E-state index in [1.165, 1.54) is 0 Å². The maximum absolute atomic E-state index is 14.7. The van der Waals surface area contributed by atoms with E-state index in [1.54, 1.807) is 53.5 Å². The van der Waals surface area contributed by atoms with Gasteiger partial charge in [0.15, 0.2) is 5.78 Å². The minimum atomic E-state index is -1.02. The fraction of sp³-hybridized carbons (Fsp3) is 0.340. The zero-order chi connectivity index (χ0) is 46.3. The van der Waals surface area contributed by atoms with Gasteiger partial charge in [-0.3, -0.25) is 14.4 Å². The Morgan fingerprint density at radius 1 is 0.773 bits per heavy atom. The van der Waals surface area contributed by atoms with Gasteiger partial charge in [0, 0.05) is 54.1 Å². The van der Waals surface area contributed by atoms with Crippen molar-refractivity contribution >= 4 is 100 Å². The van der Waals surface area contributed by atoms with Crippen molar-refractivity contribution in [2.24, 2.45) is 0 Å². The van der Waals surface area contributed by atoms with Gasteiger partial charge in [-0.25, -0.2) is 9.59 Å². The molecule has 1 aliphatic carbocycles. The van der Waals surface area contributed by atoms with E-state index in [9.17, 15) is 24.0 Å². The standard InChI is InChI=1S/C50H49Cl4N5O6S/c51-38-18-16-29(23-40(38)53)21-31-25-59(26-32(47(31)61)22-30-17-19-39(52)41(54)24-30)48(62)42(57-50(64)65-27-37-35-11-3-1-9-33(35)34-10-2-4-12-36(34)37)13-7-8-20-55-45(60)15-6-5-14-44-46-43(28-66-44)56-49(63)58-46/h1-4,9-12,16-19,21-24,37,42-44,46H,5-8,13-15,20,25-28H2,(H,55,60)(H,57,64)(H2,56,58,63)/b31-21+,32-22+/t42-,43?,44?,46?/m0/s1. The molecule has 344 valence electrons. The first-order valence-corrected chi connectivity index (χ1v) is 24.7. The number of urea groups is 1. The fourth-order valence-corrected chi connectivity index (χ4v) is 11.3. The molecule has 4 N–H and O–H groups in total. The van der Waals surface area contributed by atoms with Crippen molar-refractivity contribution in [3.8, 4) is 11.1 Å². The molecule has 3 aliphatic heterocycles. The second-order valence-corrected chi connectivity index (χ2v) is 19.8. The summed E-state index contributed by atoms with van der Waals surface area (Å²) in [6.07, 6.45) is 6.85. The average Bonchev–Trinajstić information content (AvgIpc) is 3.97. The summed E-state index contributed by atoms with van der Waals surface area (Å²) < 4.78 is 5.91. The van der Waals surface area contributed by atoms with Gasteiger partial charge in [-0.15, -0.1) is 0 Å². The lowest BCUT2D eigenvalue weighted by atomic mass is 9.93. The SMILES string of the molecule is O=C(CCCCC1SCC2NC(=O)NC21)NCCCC[C@H](NC(=O)OCC1c2ccccc2-c2ccccc21)C(=O)N1C/C(=C\c2ccc(Cl)c(Cl)c2)C(=O)/C(=C/c2ccc(Cl)c(Cl)c2)C1. The molecule has 0 radical (unpaired) electrons. The van der Waals surface area contributed by atoms with E-state index in [-0.39, 0.29) is 61.8 Å². The number of carbonyl (C=O) groups excluding carboxylic acids is 5. The molecule has 4 aromatic carbocycles. The van der Waals surface area contributed by atoms with E-state index in [1.807, 2.05) is 48.2 Å². The summed E-state index contributed by atoms with van der Waals surface area (Å²) in [6.45, 7) is 0.381. The Hall–Kier alpha value is -4.98. The van der Waals surface area contributed by atoms with Gasteiger partial charge in [0.05, 0.1) is 32.2 Å². The molecule has 8 rings (SSSR count).